The second-order valence-corrected chi connectivity index (χ2v) is 8.84. The highest BCUT2D eigenvalue weighted by molar-refractivity contribution is 5.87. The third-order valence-corrected chi connectivity index (χ3v) is 6.25. The van der Waals surface area contributed by atoms with Crippen molar-refractivity contribution in [2.45, 2.75) is 72.2 Å². The zero-order valence-electron chi connectivity index (χ0n) is 20.9. The van der Waals surface area contributed by atoms with Gasteiger partial charge in [-0.2, -0.15) is 0 Å². The van der Waals surface area contributed by atoms with E-state index in [9.17, 15) is 9.59 Å². The quantitative estimate of drug-likeness (QED) is 0.512. The first-order valence-electron chi connectivity index (χ1n) is 11.3. The number of carbonyl (C=O) groups excluding carboxylic acids is 2. The largest absolute Gasteiger partial charge is 0.379 e. The number of aromatic nitrogens is 2. The molecule has 1 rings (SSSR count). The van der Waals surface area contributed by atoms with Gasteiger partial charge in [0.1, 0.15) is 5.82 Å². The van der Waals surface area contributed by atoms with Crippen molar-refractivity contribution in [3.8, 4) is 0 Å². The average Bonchev–Trinajstić information content (AvgIpc) is 3.13. The maximum atomic E-state index is 13.0. The lowest BCUT2D eigenvalue weighted by Gasteiger charge is -2.37. The van der Waals surface area contributed by atoms with Crippen molar-refractivity contribution in [2.24, 2.45) is 18.9 Å². The van der Waals surface area contributed by atoms with Gasteiger partial charge in [0.05, 0.1) is 31.3 Å². The van der Waals surface area contributed by atoms with Crippen LogP contribution in [0.25, 0.3) is 0 Å². The Morgan fingerprint density at radius 3 is 2.29 bits per heavy atom. The summed E-state index contributed by atoms with van der Waals surface area (Å²) in [6, 6.07) is -0.390. The van der Waals surface area contributed by atoms with Crippen LogP contribution in [0.15, 0.2) is 12.4 Å². The van der Waals surface area contributed by atoms with Crippen LogP contribution in [0.2, 0.25) is 0 Å². The van der Waals surface area contributed by atoms with E-state index >= 15 is 0 Å². The average molecular weight is 438 g/mol. The van der Waals surface area contributed by atoms with Crippen molar-refractivity contribution >= 4 is 11.8 Å². The molecule has 1 aromatic rings. The Balaban J connectivity index is 2.81. The molecule has 0 bridgehead atoms. The molecule has 0 aliphatic rings. The van der Waals surface area contributed by atoms with Gasteiger partial charge in [0.25, 0.3) is 0 Å². The van der Waals surface area contributed by atoms with Gasteiger partial charge < -0.3 is 19.5 Å². The Morgan fingerprint density at radius 1 is 1.19 bits per heavy atom. The van der Waals surface area contributed by atoms with Crippen molar-refractivity contribution in [1.82, 2.24) is 24.7 Å². The molecule has 0 saturated heterocycles. The highest BCUT2D eigenvalue weighted by atomic mass is 16.5. The van der Waals surface area contributed by atoms with E-state index in [-0.39, 0.29) is 42.5 Å². The molecule has 4 atom stereocenters. The molecule has 178 valence electrons. The number of nitrogens with zero attached hydrogens (tertiary/aromatic N) is 4. The fourth-order valence-corrected chi connectivity index (χ4v) is 4.23. The molecule has 0 aliphatic carbocycles. The fraction of sp³-hybridized carbons (Fsp3) is 0.783. The van der Waals surface area contributed by atoms with Gasteiger partial charge in [0.2, 0.25) is 11.8 Å². The molecule has 0 saturated carbocycles. The lowest BCUT2D eigenvalue weighted by atomic mass is 9.91. The zero-order valence-corrected chi connectivity index (χ0v) is 20.9. The molecule has 1 aromatic heterocycles. The number of hydrogen-bond donors (Lipinski definition) is 1. The number of rotatable bonds is 13. The molecule has 0 radical (unpaired) electrons. The van der Waals surface area contributed by atoms with Gasteiger partial charge in [0, 0.05) is 33.6 Å². The fourth-order valence-electron chi connectivity index (χ4n) is 4.23. The molecule has 2 amide bonds. The Morgan fingerprint density at radius 2 is 1.84 bits per heavy atom. The van der Waals surface area contributed by atoms with Crippen LogP contribution >= 0.6 is 0 Å². The summed E-state index contributed by atoms with van der Waals surface area (Å²) >= 11 is 0. The SMILES string of the molecule is CCC(C)C(C(CC)OC)N(C)C(=O)CNC(=O)C(C(C)C)N(C)Cc1nccn1C. The van der Waals surface area contributed by atoms with E-state index in [0.717, 1.165) is 18.7 Å². The summed E-state index contributed by atoms with van der Waals surface area (Å²) in [5, 5.41) is 2.87. The summed E-state index contributed by atoms with van der Waals surface area (Å²) < 4.78 is 7.59. The molecule has 1 heterocycles. The molecule has 31 heavy (non-hydrogen) atoms. The van der Waals surface area contributed by atoms with E-state index in [1.54, 1.807) is 25.3 Å². The van der Waals surface area contributed by atoms with E-state index in [1.165, 1.54) is 0 Å². The summed E-state index contributed by atoms with van der Waals surface area (Å²) in [4.78, 5) is 34.0. The Kier molecular flexibility index (Phi) is 11.2. The predicted molar refractivity (Wildman–Crippen MR) is 123 cm³/mol. The highest BCUT2D eigenvalue weighted by Gasteiger charge is 2.32. The zero-order chi connectivity index (χ0) is 23.7. The molecule has 0 aromatic carbocycles. The van der Waals surface area contributed by atoms with Crippen LogP contribution in [0.3, 0.4) is 0 Å². The van der Waals surface area contributed by atoms with Crippen molar-refractivity contribution in [2.75, 3.05) is 27.7 Å². The lowest BCUT2D eigenvalue weighted by molar-refractivity contribution is -0.138. The van der Waals surface area contributed by atoms with Crippen LogP contribution in [-0.2, 0) is 27.9 Å². The third kappa shape index (κ3) is 7.31. The van der Waals surface area contributed by atoms with E-state index in [2.05, 4.69) is 31.1 Å². The number of hydrogen-bond acceptors (Lipinski definition) is 5. The first-order valence-corrected chi connectivity index (χ1v) is 11.3. The van der Waals surface area contributed by atoms with Crippen LogP contribution < -0.4 is 5.32 Å². The Labute approximate surface area is 188 Å². The number of amides is 2. The summed E-state index contributed by atoms with van der Waals surface area (Å²) in [6.07, 6.45) is 5.37. The predicted octanol–water partition coefficient (Wildman–Crippen LogP) is 2.29. The molecule has 8 nitrogen and oxygen atoms in total. The van der Waals surface area contributed by atoms with Gasteiger partial charge in [-0.3, -0.25) is 14.5 Å². The number of aryl methyl sites for hydroxylation is 1. The second-order valence-electron chi connectivity index (χ2n) is 8.84. The van der Waals surface area contributed by atoms with Gasteiger partial charge in [-0.1, -0.05) is 41.0 Å². The van der Waals surface area contributed by atoms with Crippen LogP contribution in [0, 0.1) is 11.8 Å². The molecule has 1 N–H and O–H groups in total. The minimum atomic E-state index is -0.359. The minimum absolute atomic E-state index is 0.0259. The molecule has 8 heteroatoms. The number of carbonyl (C=O) groups is 2. The summed E-state index contributed by atoms with van der Waals surface area (Å²) in [6.45, 7) is 10.9. The summed E-state index contributed by atoms with van der Waals surface area (Å²) in [7, 11) is 7.34. The van der Waals surface area contributed by atoms with E-state index in [4.69, 9.17) is 4.74 Å². The standard InChI is InChI=1S/C23H43N5O3/c1-10-17(5)22(18(11-2)31-9)28(8)20(29)14-25-23(30)21(16(3)4)27(7)15-19-24-12-13-26(19)6/h12-13,16-18,21-22H,10-11,14-15H2,1-9H3,(H,25,30). The van der Waals surface area contributed by atoms with Gasteiger partial charge in [-0.15, -0.1) is 0 Å². The second kappa shape index (κ2) is 12.8. The van der Waals surface area contributed by atoms with Gasteiger partial charge in [-0.05, 0) is 25.3 Å². The van der Waals surface area contributed by atoms with Crippen molar-refractivity contribution in [3.63, 3.8) is 0 Å². The molecular weight excluding hydrogens is 394 g/mol. The number of imidazole rings is 1. The number of nitrogens with one attached hydrogen (secondary N) is 1. The smallest absolute Gasteiger partial charge is 0.242 e. The van der Waals surface area contributed by atoms with Gasteiger partial charge in [-0.25, -0.2) is 4.98 Å². The van der Waals surface area contributed by atoms with Crippen molar-refractivity contribution in [1.29, 1.82) is 0 Å². The molecule has 0 fully saturated rings. The number of methoxy groups -OCH3 is 1. The third-order valence-electron chi connectivity index (χ3n) is 6.25. The van der Waals surface area contributed by atoms with Gasteiger partial charge >= 0.3 is 0 Å². The maximum absolute atomic E-state index is 13.0. The topological polar surface area (TPSA) is 79.7 Å². The first kappa shape index (κ1) is 27.1. The van der Waals surface area contributed by atoms with Crippen LogP contribution in [0.5, 0.6) is 0 Å². The lowest BCUT2D eigenvalue weighted by Crippen LogP contribution is -2.54. The summed E-state index contributed by atoms with van der Waals surface area (Å²) in [5.41, 5.74) is 0. The number of ether oxygens (including phenoxy) is 1. The summed E-state index contributed by atoms with van der Waals surface area (Å²) in [5.74, 6) is 1.01. The highest BCUT2D eigenvalue weighted by Crippen LogP contribution is 2.21. The molecular formula is C23H43N5O3. The van der Waals surface area contributed by atoms with E-state index < -0.39 is 0 Å². The van der Waals surface area contributed by atoms with Crippen LogP contribution in [0.4, 0.5) is 0 Å². The Bertz CT molecular complexity index is 687. The Hall–Kier alpha value is -1.93. The first-order chi connectivity index (χ1) is 14.6. The number of likely N-dealkylation sites (N-methyl/N-ethyl adjacent to an activating group) is 2. The van der Waals surface area contributed by atoms with Crippen molar-refractivity contribution < 1.29 is 14.3 Å². The van der Waals surface area contributed by atoms with Crippen LogP contribution in [-0.4, -0.2) is 77.1 Å². The van der Waals surface area contributed by atoms with Crippen LogP contribution in [0.1, 0.15) is 53.3 Å². The normalized spacial score (nSPS) is 15.6. The minimum Gasteiger partial charge on any atom is -0.379 e. The van der Waals surface area contributed by atoms with Crippen molar-refractivity contribution in [3.05, 3.63) is 18.2 Å². The monoisotopic (exact) mass is 437 g/mol. The molecule has 0 aliphatic heterocycles. The van der Waals surface area contributed by atoms with E-state index in [1.807, 2.05) is 43.6 Å². The van der Waals surface area contributed by atoms with Gasteiger partial charge in [0.15, 0.2) is 0 Å². The molecule has 4 unspecified atom stereocenters. The maximum Gasteiger partial charge on any atom is 0.242 e. The molecule has 0 spiro atoms. The van der Waals surface area contributed by atoms with E-state index in [0.29, 0.717) is 12.5 Å².